The molecule has 1 fully saturated rings. The topological polar surface area (TPSA) is 52.6 Å². The van der Waals surface area contributed by atoms with Crippen LogP contribution in [-0.4, -0.2) is 25.2 Å². The minimum absolute atomic E-state index is 0.120. The Morgan fingerprint density at radius 2 is 1.38 bits per heavy atom. The zero-order chi connectivity index (χ0) is 18.3. The molecule has 0 saturated heterocycles. The Hall–Kier alpha value is -1.32. The van der Waals surface area contributed by atoms with Gasteiger partial charge in [-0.2, -0.15) is 0 Å². The van der Waals surface area contributed by atoms with Crippen molar-refractivity contribution in [3.63, 3.8) is 0 Å². The van der Waals surface area contributed by atoms with Gasteiger partial charge in [0.1, 0.15) is 5.57 Å². The molecule has 0 aromatic rings. The van der Waals surface area contributed by atoms with Crippen molar-refractivity contribution in [2.75, 3.05) is 13.2 Å². The number of hydrogen-bond acceptors (Lipinski definition) is 4. The van der Waals surface area contributed by atoms with Crippen molar-refractivity contribution in [1.82, 2.24) is 0 Å². The first kappa shape index (κ1) is 20.7. The van der Waals surface area contributed by atoms with Crippen LogP contribution in [0.3, 0.4) is 0 Å². The van der Waals surface area contributed by atoms with Gasteiger partial charge in [0.2, 0.25) is 0 Å². The fourth-order valence-corrected chi connectivity index (χ4v) is 3.18. The molecule has 1 rings (SSSR count). The molecule has 0 aromatic heterocycles. The third-order valence-electron chi connectivity index (χ3n) is 4.57. The molecule has 0 aliphatic heterocycles. The van der Waals surface area contributed by atoms with Gasteiger partial charge in [-0.3, -0.25) is 0 Å². The van der Waals surface area contributed by atoms with Gasteiger partial charge < -0.3 is 9.47 Å². The second-order valence-corrected chi connectivity index (χ2v) is 7.91. The number of ether oxygens (including phenoxy) is 2. The second kappa shape index (κ2) is 9.85. The first-order valence-corrected chi connectivity index (χ1v) is 9.29. The summed E-state index contributed by atoms with van der Waals surface area (Å²) < 4.78 is 10.7. The summed E-state index contributed by atoms with van der Waals surface area (Å²) in [7, 11) is 0. The molecule has 138 valence electrons. The molecule has 1 saturated carbocycles. The Labute approximate surface area is 147 Å². The van der Waals surface area contributed by atoms with Gasteiger partial charge in [-0.15, -0.1) is 0 Å². The van der Waals surface area contributed by atoms with Crippen LogP contribution in [0.4, 0.5) is 0 Å². The normalized spacial score (nSPS) is 20.8. The number of allylic oxidation sites excluding steroid dienone is 1. The van der Waals surface area contributed by atoms with Gasteiger partial charge in [0.05, 0.1) is 13.2 Å². The van der Waals surface area contributed by atoms with E-state index in [9.17, 15) is 9.59 Å². The van der Waals surface area contributed by atoms with Crippen LogP contribution in [-0.2, 0) is 19.1 Å². The third-order valence-corrected chi connectivity index (χ3v) is 4.57. The number of carbonyl (C=O) groups is 2. The van der Waals surface area contributed by atoms with Crippen LogP contribution >= 0.6 is 0 Å². The van der Waals surface area contributed by atoms with Crippen molar-refractivity contribution >= 4 is 11.9 Å². The minimum atomic E-state index is -0.535. The smallest absolute Gasteiger partial charge is 0.345 e. The SMILES string of the molecule is CC(=C(C(=O)OCC(C)C)C(=O)OCC(C)C)C1CCCCC1C. The summed E-state index contributed by atoms with van der Waals surface area (Å²) in [4.78, 5) is 25.1. The lowest BCUT2D eigenvalue weighted by Gasteiger charge is -2.30. The van der Waals surface area contributed by atoms with E-state index in [1.165, 1.54) is 6.42 Å². The maximum atomic E-state index is 12.5. The lowest BCUT2D eigenvalue weighted by Crippen LogP contribution is -2.27. The van der Waals surface area contributed by atoms with Crippen LogP contribution in [0.15, 0.2) is 11.1 Å². The fourth-order valence-electron chi connectivity index (χ4n) is 3.18. The third kappa shape index (κ3) is 6.29. The first-order chi connectivity index (χ1) is 11.2. The summed E-state index contributed by atoms with van der Waals surface area (Å²) in [5.74, 6) is 0.128. The Balaban J connectivity index is 3.03. The molecule has 4 nitrogen and oxygen atoms in total. The Morgan fingerprint density at radius 1 is 0.917 bits per heavy atom. The van der Waals surface area contributed by atoms with Gasteiger partial charge in [0.15, 0.2) is 0 Å². The number of esters is 2. The molecule has 0 bridgehead atoms. The Morgan fingerprint density at radius 3 is 1.79 bits per heavy atom. The van der Waals surface area contributed by atoms with Crippen LogP contribution in [0.25, 0.3) is 0 Å². The maximum Gasteiger partial charge on any atom is 0.345 e. The van der Waals surface area contributed by atoms with Crippen LogP contribution in [0.5, 0.6) is 0 Å². The average molecular weight is 338 g/mol. The van der Waals surface area contributed by atoms with Gasteiger partial charge in [-0.1, -0.05) is 53.9 Å². The van der Waals surface area contributed by atoms with Crippen LogP contribution in [0.2, 0.25) is 0 Å². The van der Waals surface area contributed by atoms with E-state index in [-0.39, 0.29) is 23.3 Å². The van der Waals surface area contributed by atoms with Gasteiger partial charge in [0.25, 0.3) is 0 Å². The van der Waals surface area contributed by atoms with Crippen molar-refractivity contribution in [1.29, 1.82) is 0 Å². The van der Waals surface area contributed by atoms with E-state index in [1.54, 1.807) is 0 Å². The molecule has 0 N–H and O–H groups in total. The molecular formula is C20H34O4. The molecule has 0 amide bonds. The molecule has 0 spiro atoms. The van der Waals surface area contributed by atoms with Crippen LogP contribution < -0.4 is 0 Å². The zero-order valence-corrected chi connectivity index (χ0v) is 16.2. The van der Waals surface area contributed by atoms with E-state index in [1.807, 2.05) is 34.6 Å². The quantitative estimate of drug-likeness (QED) is 0.296. The highest BCUT2D eigenvalue weighted by Gasteiger charge is 2.31. The fraction of sp³-hybridized carbons (Fsp3) is 0.800. The predicted octanol–water partition coefficient (Wildman–Crippen LogP) is 4.53. The molecule has 0 heterocycles. The summed E-state index contributed by atoms with van der Waals surface area (Å²) in [5.41, 5.74) is 0.958. The Bertz CT molecular complexity index is 436. The van der Waals surface area contributed by atoms with Gasteiger partial charge in [0, 0.05) is 0 Å². The number of carbonyl (C=O) groups excluding carboxylic acids is 2. The van der Waals surface area contributed by atoms with Gasteiger partial charge in [-0.05, 0) is 42.6 Å². The Kier molecular flexibility index (Phi) is 8.51. The zero-order valence-electron chi connectivity index (χ0n) is 16.2. The van der Waals surface area contributed by atoms with Crippen molar-refractivity contribution < 1.29 is 19.1 Å². The average Bonchev–Trinajstić information content (AvgIpc) is 2.51. The summed E-state index contributed by atoms with van der Waals surface area (Å²) in [6.07, 6.45) is 4.51. The monoisotopic (exact) mass is 338 g/mol. The van der Waals surface area contributed by atoms with E-state index < -0.39 is 11.9 Å². The molecule has 1 aliphatic carbocycles. The van der Waals surface area contributed by atoms with Crippen molar-refractivity contribution in [2.45, 2.75) is 67.2 Å². The van der Waals surface area contributed by atoms with Gasteiger partial charge in [-0.25, -0.2) is 9.59 Å². The second-order valence-electron chi connectivity index (χ2n) is 7.91. The summed E-state index contributed by atoms with van der Waals surface area (Å²) in [6, 6.07) is 0. The molecule has 0 aromatic carbocycles. The highest BCUT2D eigenvalue weighted by molar-refractivity contribution is 6.14. The van der Waals surface area contributed by atoms with Crippen molar-refractivity contribution in [2.24, 2.45) is 23.7 Å². The maximum absolute atomic E-state index is 12.5. The summed E-state index contributed by atoms with van der Waals surface area (Å²) in [6.45, 7) is 12.6. The van der Waals surface area contributed by atoms with E-state index in [2.05, 4.69) is 6.92 Å². The molecule has 2 unspecified atom stereocenters. The van der Waals surface area contributed by atoms with Gasteiger partial charge >= 0.3 is 11.9 Å². The highest BCUT2D eigenvalue weighted by Crippen LogP contribution is 2.36. The van der Waals surface area contributed by atoms with Crippen molar-refractivity contribution in [3.05, 3.63) is 11.1 Å². The molecular weight excluding hydrogens is 304 g/mol. The summed E-state index contributed by atoms with van der Waals surface area (Å²) >= 11 is 0. The first-order valence-electron chi connectivity index (χ1n) is 9.29. The van der Waals surface area contributed by atoms with Crippen molar-refractivity contribution in [3.8, 4) is 0 Å². The van der Waals surface area contributed by atoms with Crippen LogP contribution in [0.1, 0.15) is 67.2 Å². The summed E-state index contributed by atoms with van der Waals surface area (Å²) in [5, 5.41) is 0. The van der Waals surface area contributed by atoms with E-state index in [0.717, 1.165) is 24.8 Å². The van der Waals surface area contributed by atoms with Crippen LogP contribution in [0, 0.1) is 23.7 Å². The molecule has 0 radical (unpaired) electrons. The predicted molar refractivity (Wildman–Crippen MR) is 95.4 cm³/mol. The lowest BCUT2D eigenvalue weighted by molar-refractivity contribution is -0.148. The molecule has 24 heavy (non-hydrogen) atoms. The van der Waals surface area contributed by atoms with E-state index >= 15 is 0 Å². The van der Waals surface area contributed by atoms with E-state index in [4.69, 9.17) is 9.47 Å². The lowest BCUT2D eigenvalue weighted by atomic mass is 9.75. The molecule has 4 heteroatoms. The molecule has 1 aliphatic rings. The molecule has 2 atom stereocenters. The number of rotatable bonds is 7. The number of hydrogen-bond donors (Lipinski definition) is 0. The largest absolute Gasteiger partial charge is 0.462 e. The highest BCUT2D eigenvalue weighted by atomic mass is 16.6. The minimum Gasteiger partial charge on any atom is -0.462 e. The standard InChI is InChI=1S/C20H34O4/c1-13(2)11-23-19(21)18(20(22)24-12-14(3)4)16(6)17-10-8-7-9-15(17)5/h13-15,17H,7-12H2,1-6H3. The van der Waals surface area contributed by atoms with E-state index in [0.29, 0.717) is 19.1 Å².